The second-order valence-electron chi connectivity index (χ2n) is 6.80. The molecule has 2 aromatic heterocycles. The Morgan fingerprint density at radius 1 is 1.17 bits per heavy atom. The van der Waals surface area contributed by atoms with Gasteiger partial charge in [-0.25, -0.2) is 18.4 Å². The third-order valence-electron chi connectivity index (χ3n) is 4.17. The third kappa shape index (κ3) is 4.28. The fraction of sp³-hybridized carbons (Fsp3) is 0.278. The average molecular weight is 440 g/mol. The first-order valence-electron chi connectivity index (χ1n) is 8.96. The summed E-state index contributed by atoms with van der Waals surface area (Å²) in [6, 6.07) is 5.37. The number of carbonyl (C=O) groups excluding carboxylic acids is 1. The molecule has 0 saturated carbocycles. The smallest absolute Gasteiger partial charge is 0.322 e. The molecule has 0 aliphatic heterocycles. The van der Waals surface area contributed by atoms with Crippen LogP contribution in [0.2, 0.25) is 0 Å². The van der Waals surface area contributed by atoms with E-state index in [9.17, 15) is 13.2 Å². The minimum atomic E-state index is -3.38. The number of carbonyl (C=O) groups is 1. The summed E-state index contributed by atoms with van der Waals surface area (Å²) >= 11 is 0. The van der Waals surface area contributed by atoms with E-state index in [1.165, 1.54) is 25.3 Å². The van der Waals surface area contributed by atoms with E-state index in [0.717, 1.165) is 0 Å². The molecule has 166 valence electrons. The molecule has 3 aromatic rings. The summed E-state index contributed by atoms with van der Waals surface area (Å²) in [6.45, 7) is 4.75. The molecule has 11 nitrogen and oxygen atoms in total. The summed E-state index contributed by atoms with van der Waals surface area (Å²) in [5, 5.41) is 9.40. The van der Waals surface area contributed by atoms with Crippen LogP contribution in [0.25, 0.3) is 22.8 Å². The first kappa shape index (κ1) is 21.3. The number of anilines is 2. The molecule has 3 rings (SSSR count). The van der Waals surface area contributed by atoms with Gasteiger partial charge in [-0.05, 0) is 32.9 Å². The number of hydrogen-bond acceptors (Lipinski definition) is 10. The first-order valence-corrected chi connectivity index (χ1v) is 10.5. The molecule has 0 aliphatic carbocycles. The topological polar surface area (TPSA) is 180 Å². The average Bonchev–Trinajstić information content (AvgIpc) is 3.16. The summed E-state index contributed by atoms with van der Waals surface area (Å²) in [7, 11) is -3.38. The Balaban J connectivity index is 0. The van der Waals surface area contributed by atoms with Crippen molar-refractivity contribution in [2.75, 3.05) is 11.1 Å². The van der Waals surface area contributed by atoms with Crippen LogP contribution in [0.4, 0.5) is 11.8 Å². The van der Waals surface area contributed by atoms with Crippen molar-refractivity contribution in [2.24, 2.45) is 5.73 Å². The van der Waals surface area contributed by atoms with Crippen molar-refractivity contribution in [2.45, 2.75) is 37.0 Å². The zero-order valence-electron chi connectivity index (χ0n) is 16.5. The van der Waals surface area contributed by atoms with Gasteiger partial charge in [0, 0.05) is 11.3 Å². The van der Waals surface area contributed by atoms with Gasteiger partial charge in [-0.2, -0.15) is 0 Å². The molecule has 1 atom stereocenters. The minimum absolute atomic E-state index is 0. The van der Waals surface area contributed by atoms with Crippen molar-refractivity contribution < 1.29 is 23.3 Å². The van der Waals surface area contributed by atoms with E-state index in [1.807, 2.05) is 0 Å². The van der Waals surface area contributed by atoms with Crippen LogP contribution in [-0.4, -0.2) is 45.8 Å². The van der Waals surface area contributed by atoms with E-state index < -0.39 is 27.0 Å². The van der Waals surface area contributed by atoms with Crippen LogP contribution >= 0.6 is 0 Å². The minimum Gasteiger partial charge on any atom is -0.401 e. The predicted molar refractivity (Wildman–Crippen MR) is 118 cm³/mol. The Morgan fingerprint density at radius 3 is 2.43 bits per heavy atom. The second kappa shape index (κ2) is 8.16. The van der Waals surface area contributed by atoms with E-state index in [4.69, 9.17) is 15.9 Å². The van der Waals surface area contributed by atoms with Gasteiger partial charge in [0.15, 0.2) is 21.3 Å². The van der Waals surface area contributed by atoms with E-state index in [-0.39, 0.29) is 34.0 Å². The maximum absolute atomic E-state index is 12.3. The van der Waals surface area contributed by atoms with Crippen molar-refractivity contribution in [1.29, 1.82) is 0 Å². The van der Waals surface area contributed by atoms with Gasteiger partial charge in [-0.3, -0.25) is 10.1 Å². The highest BCUT2D eigenvalue weighted by molar-refractivity contribution is 7.92. The Labute approximate surface area is 178 Å². The van der Waals surface area contributed by atoms with Crippen LogP contribution in [-0.2, 0) is 14.6 Å². The fourth-order valence-corrected chi connectivity index (χ4v) is 3.43. The maximum Gasteiger partial charge on any atom is 0.322 e. The van der Waals surface area contributed by atoms with Gasteiger partial charge in [0.25, 0.3) is 5.89 Å². The molecule has 0 saturated heterocycles. The molecule has 1 amide bonds. The van der Waals surface area contributed by atoms with Gasteiger partial charge in [-0.15, -0.1) is 5.10 Å². The van der Waals surface area contributed by atoms with Crippen LogP contribution in [0.5, 0.6) is 0 Å². The highest BCUT2D eigenvalue weighted by Gasteiger charge is 2.20. The number of hydrogen-bond donors (Lipinski definition) is 3. The summed E-state index contributed by atoms with van der Waals surface area (Å²) in [5.41, 5.74) is 12.5. The molecular weight excluding hydrogens is 410 g/mol. The van der Waals surface area contributed by atoms with Crippen molar-refractivity contribution in [1.82, 2.24) is 20.2 Å². The molecule has 0 aliphatic rings. The molecule has 1 aromatic carbocycles. The molecule has 5 N–H and O–H groups in total. The lowest BCUT2D eigenvalue weighted by molar-refractivity contribution is -0.117. The number of benzene rings is 1. The normalized spacial score (nSPS) is 12.7. The van der Waals surface area contributed by atoms with Gasteiger partial charge in [-0.1, -0.05) is 17.2 Å². The molecule has 0 bridgehead atoms. The molecule has 30 heavy (non-hydrogen) atoms. The Hall–Kier alpha value is -3.38. The van der Waals surface area contributed by atoms with Gasteiger partial charge >= 0.3 is 6.01 Å². The van der Waals surface area contributed by atoms with Crippen molar-refractivity contribution >= 4 is 27.6 Å². The number of nitrogens with zero attached hydrogens (tertiary/aromatic N) is 4. The van der Waals surface area contributed by atoms with Gasteiger partial charge in [0.05, 0.1) is 28.1 Å². The molecular formula is C18H29N7O4S. The summed E-state index contributed by atoms with van der Waals surface area (Å²) in [4.78, 5) is 20.4. The summed E-state index contributed by atoms with van der Waals surface area (Å²) in [6.07, 6.45) is 1.44. The maximum atomic E-state index is 12.3. The number of nitrogens with one attached hydrogen (secondary N) is 1. The molecule has 12 heteroatoms. The molecule has 0 radical (unpaired) electrons. The monoisotopic (exact) mass is 439 g/mol. The highest BCUT2D eigenvalue weighted by Crippen LogP contribution is 2.27. The quantitative estimate of drug-likeness (QED) is 0.515. The highest BCUT2D eigenvalue weighted by atomic mass is 32.2. The van der Waals surface area contributed by atoms with Gasteiger partial charge in [0.2, 0.25) is 5.91 Å². The summed E-state index contributed by atoms with van der Waals surface area (Å²) < 4.78 is 29.9. The number of amides is 1. The Bertz CT molecular complexity index is 1190. The Morgan fingerprint density at radius 2 is 1.83 bits per heavy atom. The van der Waals surface area contributed by atoms with E-state index in [1.54, 1.807) is 26.0 Å². The fourth-order valence-electron chi connectivity index (χ4n) is 2.37. The molecule has 2 heterocycles. The zero-order chi connectivity index (χ0) is 22.1. The SMILES string of the molecule is CC(N)C(=O)Nc1nnc(-c2nc(-c3ccc(S(=O)(=O)C(C)C)cc3)cnc2N)o1.[HH].[HH].[HH].[HH]. The van der Waals surface area contributed by atoms with Crippen LogP contribution in [0.3, 0.4) is 0 Å². The first-order chi connectivity index (χ1) is 14.1. The van der Waals surface area contributed by atoms with Crippen LogP contribution in [0.15, 0.2) is 39.8 Å². The van der Waals surface area contributed by atoms with Crippen LogP contribution in [0, 0.1) is 0 Å². The van der Waals surface area contributed by atoms with Crippen molar-refractivity contribution in [3.05, 3.63) is 30.5 Å². The lowest BCUT2D eigenvalue weighted by Crippen LogP contribution is -2.32. The number of nitrogen functional groups attached to an aromatic ring is 1. The molecule has 0 spiro atoms. The zero-order valence-corrected chi connectivity index (χ0v) is 17.3. The number of nitrogens with two attached hydrogens (primary N) is 2. The largest absolute Gasteiger partial charge is 0.401 e. The second-order valence-corrected chi connectivity index (χ2v) is 9.30. The molecule has 1 unspecified atom stereocenters. The van der Waals surface area contributed by atoms with Crippen LogP contribution < -0.4 is 16.8 Å². The lowest BCUT2D eigenvalue weighted by Gasteiger charge is -2.09. The standard InChI is InChI=1S/C18H21N7O4S.4H2/c1-9(2)30(27,28)12-6-4-11(5-7-12)13-8-21-15(20)14(22-13)17-24-25-18(29-17)23-16(26)10(3)19;;;;/h4-10H,19H2,1-3H3,(H2,20,21)(H,23,25,26);4*1H. The Kier molecular flexibility index (Phi) is 5.80. The van der Waals surface area contributed by atoms with Crippen molar-refractivity contribution in [3.8, 4) is 22.8 Å². The van der Waals surface area contributed by atoms with E-state index in [0.29, 0.717) is 11.3 Å². The van der Waals surface area contributed by atoms with E-state index >= 15 is 0 Å². The molecule has 0 fully saturated rings. The number of rotatable bonds is 6. The predicted octanol–water partition coefficient (Wildman–Crippen LogP) is 2.23. The van der Waals surface area contributed by atoms with Crippen LogP contribution in [0.1, 0.15) is 26.5 Å². The van der Waals surface area contributed by atoms with Gasteiger partial charge < -0.3 is 15.9 Å². The number of sulfone groups is 1. The number of aromatic nitrogens is 4. The third-order valence-corrected chi connectivity index (χ3v) is 6.34. The summed E-state index contributed by atoms with van der Waals surface area (Å²) in [5.74, 6) is -0.484. The van der Waals surface area contributed by atoms with E-state index in [2.05, 4.69) is 25.5 Å². The van der Waals surface area contributed by atoms with Crippen molar-refractivity contribution in [3.63, 3.8) is 0 Å². The van der Waals surface area contributed by atoms with Gasteiger partial charge in [0.1, 0.15) is 0 Å². The lowest BCUT2D eigenvalue weighted by atomic mass is 10.1.